The van der Waals surface area contributed by atoms with Gasteiger partial charge in [-0.3, -0.25) is 5.32 Å². The summed E-state index contributed by atoms with van der Waals surface area (Å²) in [5, 5.41) is 15.2. The number of hydrogen-bond acceptors (Lipinski definition) is 4. The van der Waals surface area contributed by atoms with Gasteiger partial charge in [0.25, 0.3) is 0 Å². The summed E-state index contributed by atoms with van der Waals surface area (Å²) >= 11 is 1.41. The van der Waals surface area contributed by atoms with Crippen LogP contribution >= 0.6 is 11.3 Å². The maximum atomic E-state index is 12.0. The number of aromatic nitrogens is 2. The molecule has 2 N–H and O–H groups in total. The van der Waals surface area contributed by atoms with Crippen LogP contribution in [-0.4, -0.2) is 16.2 Å². The van der Waals surface area contributed by atoms with Crippen LogP contribution in [0.15, 0.2) is 60.7 Å². The average molecular weight is 338 g/mol. The van der Waals surface area contributed by atoms with Gasteiger partial charge in [-0.15, -0.1) is 10.2 Å². The number of amides is 2. The highest BCUT2D eigenvalue weighted by molar-refractivity contribution is 7.15. The summed E-state index contributed by atoms with van der Waals surface area (Å²) in [6.45, 7) is 2.12. The van der Waals surface area contributed by atoms with Crippen LogP contribution in [-0.2, 0) is 0 Å². The van der Waals surface area contributed by atoms with Gasteiger partial charge >= 0.3 is 6.03 Å². The van der Waals surface area contributed by atoms with Crippen LogP contribution < -0.4 is 10.6 Å². The van der Waals surface area contributed by atoms with Crippen molar-refractivity contribution in [2.24, 2.45) is 0 Å². The third-order valence-corrected chi connectivity index (χ3v) is 4.55. The summed E-state index contributed by atoms with van der Waals surface area (Å²) in [5.74, 6) is 0.191. The number of carbonyl (C=O) groups is 1. The quantitative estimate of drug-likeness (QED) is 0.707. The van der Waals surface area contributed by atoms with E-state index in [1.807, 2.05) is 48.5 Å². The highest BCUT2D eigenvalue weighted by Gasteiger charge is 2.17. The number of nitrogens with zero attached hydrogens (tertiary/aromatic N) is 2. The molecule has 3 rings (SSSR count). The Morgan fingerprint density at radius 1 is 1.00 bits per heavy atom. The lowest BCUT2D eigenvalue weighted by Gasteiger charge is -2.11. The predicted octanol–water partition coefficient (Wildman–Crippen LogP) is 4.72. The van der Waals surface area contributed by atoms with Crippen molar-refractivity contribution in [3.8, 4) is 0 Å². The van der Waals surface area contributed by atoms with E-state index in [-0.39, 0.29) is 11.9 Å². The molecule has 0 saturated carbocycles. The van der Waals surface area contributed by atoms with Gasteiger partial charge in [-0.25, -0.2) is 4.79 Å². The fourth-order valence-corrected chi connectivity index (χ4v) is 3.40. The topological polar surface area (TPSA) is 66.9 Å². The molecule has 0 aliphatic rings. The smallest absolute Gasteiger partial charge is 0.308 e. The first-order chi connectivity index (χ1) is 11.8. The van der Waals surface area contributed by atoms with E-state index >= 15 is 0 Å². The van der Waals surface area contributed by atoms with Crippen molar-refractivity contribution < 1.29 is 4.79 Å². The van der Waals surface area contributed by atoms with E-state index in [0.717, 1.165) is 17.1 Å². The third-order valence-electron chi connectivity index (χ3n) is 3.60. The number of carbonyl (C=O) groups excluding carboxylic acids is 1. The zero-order chi connectivity index (χ0) is 16.8. The summed E-state index contributed by atoms with van der Waals surface area (Å²) in [5.41, 5.74) is 1.94. The van der Waals surface area contributed by atoms with Gasteiger partial charge < -0.3 is 5.32 Å². The number of benzene rings is 2. The first-order valence-corrected chi connectivity index (χ1v) is 8.59. The normalized spacial score (nSPS) is 11.7. The minimum Gasteiger partial charge on any atom is -0.308 e. The van der Waals surface area contributed by atoms with Gasteiger partial charge in [0.2, 0.25) is 5.13 Å². The van der Waals surface area contributed by atoms with Gasteiger partial charge in [-0.1, -0.05) is 66.8 Å². The van der Waals surface area contributed by atoms with E-state index in [0.29, 0.717) is 5.13 Å². The molecule has 0 spiro atoms. The van der Waals surface area contributed by atoms with Crippen molar-refractivity contribution in [1.82, 2.24) is 10.2 Å². The van der Waals surface area contributed by atoms with E-state index in [1.54, 1.807) is 0 Å². The number of nitrogens with one attached hydrogen (secondary N) is 2. The lowest BCUT2D eigenvalue weighted by Crippen LogP contribution is -2.19. The van der Waals surface area contributed by atoms with Crippen molar-refractivity contribution in [3.05, 3.63) is 71.2 Å². The molecule has 0 radical (unpaired) electrons. The lowest BCUT2D eigenvalue weighted by atomic mass is 9.97. The van der Waals surface area contributed by atoms with Crippen LogP contribution in [0.2, 0.25) is 0 Å². The monoisotopic (exact) mass is 338 g/mol. The van der Waals surface area contributed by atoms with E-state index in [2.05, 4.69) is 39.9 Å². The van der Waals surface area contributed by atoms with Crippen molar-refractivity contribution in [1.29, 1.82) is 0 Å². The number of anilines is 2. The van der Waals surface area contributed by atoms with Crippen molar-refractivity contribution in [2.45, 2.75) is 19.3 Å². The van der Waals surface area contributed by atoms with E-state index in [1.165, 1.54) is 16.9 Å². The van der Waals surface area contributed by atoms with Gasteiger partial charge in [0.1, 0.15) is 5.01 Å². The summed E-state index contributed by atoms with van der Waals surface area (Å²) in [4.78, 5) is 12.0. The molecule has 2 aromatic carbocycles. The van der Waals surface area contributed by atoms with Crippen LogP contribution in [0.3, 0.4) is 0 Å². The number of para-hydroxylation sites is 1. The molecule has 24 heavy (non-hydrogen) atoms. The molecule has 122 valence electrons. The molecule has 0 aliphatic carbocycles. The number of urea groups is 1. The fourth-order valence-electron chi connectivity index (χ4n) is 2.45. The summed E-state index contributed by atoms with van der Waals surface area (Å²) in [6, 6.07) is 19.2. The molecule has 0 saturated heterocycles. The van der Waals surface area contributed by atoms with E-state index in [9.17, 15) is 4.79 Å². The van der Waals surface area contributed by atoms with E-state index < -0.39 is 0 Å². The lowest BCUT2D eigenvalue weighted by molar-refractivity contribution is 0.262. The predicted molar refractivity (Wildman–Crippen MR) is 97.6 cm³/mol. The molecule has 1 unspecified atom stereocenters. The van der Waals surface area contributed by atoms with Crippen LogP contribution in [0.1, 0.15) is 29.8 Å². The fraction of sp³-hybridized carbons (Fsp3) is 0.167. The molecule has 6 heteroatoms. The zero-order valence-corrected chi connectivity index (χ0v) is 14.1. The Morgan fingerprint density at radius 2 is 1.67 bits per heavy atom. The van der Waals surface area contributed by atoms with E-state index in [4.69, 9.17) is 0 Å². The zero-order valence-electron chi connectivity index (χ0n) is 13.3. The van der Waals surface area contributed by atoms with Crippen molar-refractivity contribution >= 4 is 28.2 Å². The molecular formula is C18H18N4OS. The first kappa shape index (κ1) is 16.1. The minimum absolute atomic E-state index is 0.191. The van der Waals surface area contributed by atoms with Crippen LogP contribution in [0.25, 0.3) is 0 Å². The Bertz CT molecular complexity index is 789. The molecular weight excluding hydrogens is 320 g/mol. The van der Waals surface area contributed by atoms with Crippen LogP contribution in [0.5, 0.6) is 0 Å². The molecule has 2 amide bonds. The minimum atomic E-state index is -0.323. The highest BCUT2D eigenvalue weighted by atomic mass is 32.1. The Balaban J connectivity index is 1.68. The van der Waals surface area contributed by atoms with Gasteiger partial charge in [0, 0.05) is 11.6 Å². The number of hydrogen-bond donors (Lipinski definition) is 2. The van der Waals surface area contributed by atoms with Gasteiger partial charge in [0.05, 0.1) is 0 Å². The molecule has 5 nitrogen and oxygen atoms in total. The molecule has 3 aromatic rings. The third kappa shape index (κ3) is 3.97. The Hall–Kier alpha value is -2.73. The summed E-state index contributed by atoms with van der Waals surface area (Å²) in [6.07, 6.45) is 0.925. The largest absolute Gasteiger partial charge is 0.325 e. The molecule has 1 atom stereocenters. The Labute approximate surface area is 144 Å². The average Bonchev–Trinajstić information content (AvgIpc) is 3.05. The SMILES string of the molecule is CCC(c1ccccc1)c1nnc(NC(=O)Nc2ccccc2)s1. The van der Waals surface area contributed by atoms with Crippen LogP contribution in [0, 0.1) is 0 Å². The molecule has 0 fully saturated rings. The second-order valence-corrected chi connectivity index (χ2v) is 6.27. The molecule has 0 aliphatic heterocycles. The standard InChI is InChI=1S/C18H18N4OS/c1-2-15(13-9-5-3-6-10-13)16-21-22-18(24-16)20-17(23)19-14-11-7-4-8-12-14/h3-12,15H,2H2,1H3,(H2,19,20,22,23). The second-order valence-electron chi connectivity index (χ2n) is 5.26. The van der Waals surface area contributed by atoms with Crippen molar-refractivity contribution in [3.63, 3.8) is 0 Å². The maximum Gasteiger partial charge on any atom is 0.325 e. The van der Waals surface area contributed by atoms with Gasteiger partial charge in [-0.05, 0) is 24.1 Å². The Kier molecular flexibility index (Phi) is 5.18. The molecule has 1 aromatic heterocycles. The molecule has 1 heterocycles. The van der Waals surface area contributed by atoms with Crippen LogP contribution in [0.4, 0.5) is 15.6 Å². The first-order valence-electron chi connectivity index (χ1n) is 7.77. The van der Waals surface area contributed by atoms with Gasteiger partial charge in [0.15, 0.2) is 0 Å². The highest BCUT2D eigenvalue weighted by Crippen LogP contribution is 2.31. The van der Waals surface area contributed by atoms with Gasteiger partial charge in [-0.2, -0.15) is 0 Å². The summed E-state index contributed by atoms with van der Waals surface area (Å²) < 4.78 is 0. The molecule has 0 bridgehead atoms. The van der Waals surface area contributed by atoms with Crippen molar-refractivity contribution in [2.75, 3.05) is 10.6 Å². The Morgan fingerprint density at radius 3 is 2.33 bits per heavy atom. The maximum absolute atomic E-state index is 12.0. The number of rotatable bonds is 5. The summed E-state index contributed by atoms with van der Waals surface area (Å²) in [7, 11) is 0. The second kappa shape index (κ2) is 7.70.